The Balaban J connectivity index is 1.73. The van der Waals surface area contributed by atoms with Gasteiger partial charge in [0.2, 0.25) is 0 Å². The van der Waals surface area contributed by atoms with Gasteiger partial charge in [-0.2, -0.15) is 5.10 Å². The van der Waals surface area contributed by atoms with E-state index in [0.717, 1.165) is 4.47 Å². The Labute approximate surface area is 186 Å². The fourth-order valence-electron chi connectivity index (χ4n) is 2.45. The molecule has 30 heavy (non-hydrogen) atoms. The summed E-state index contributed by atoms with van der Waals surface area (Å²) in [6.07, 6.45) is 1.40. The van der Waals surface area contributed by atoms with Crippen molar-refractivity contribution >= 4 is 45.6 Å². The molecule has 0 bridgehead atoms. The second-order valence-corrected chi connectivity index (χ2v) is 7.36. The molecule has 3 rings (SSSR count). The van der Waals surface area contributed by atoms with Gasteiger partial charge in [-0.3, -0.25) is 4.79 Å². The summed E-state index contributed by atoms with van der Waals surface area (Å²) in [5.74, 6) is -0.0866. The van der Waals surface area contributed by atoms with Gasteiger partial charge < -0.3 is 9.47 Å². The molecule has 0 heterocycles. The zero-order valence-electron chi connectivity index (χ0n) is 15.8. The first-order valence-electron chi connectivity index (χ1n) is 8.71. The van der Waals surface area contributed by atoms with E-state index in [1.165, 1.54) is 13.3 Å². The van der Waals surface area contributed by atoms with Crippen molar-refractivity contribution < 1.29 is 19.1 Å². The van der Waals surface area contributed by atoms with Gasteiger partial charge in [0.25, 0.3) is 5.91 Å². The summed E-state index contributed by atoms with van der Waals surface area (Å²) in [4.78, 5) is 24.6. The highest BCUT2D eigenvalue weighted by atomic mass is 79.9. The summed E-state index contributed by atoms with van der Waals surface area (Å²) in [5, 5.41) is 4.49. The van der Waals surface area contributed by atoms with Crippen LogP contribution in [0.4, 0.5) is 0 Å². The highest BCUT2D eigenvalue weighted by Crippen LogP contribution is 2.23. The minimum Gasteiger partial charge on any atom is -0.497 e. The third-order valence-corrected chi connectivity index (χ3v) is 4.70. The van der Waals surface area contributed by atoms with Crippen LogP contribution in [0.2, 0.25) is 5.02 Å². The summed E-state index contributed by atoms with van der Waals surface area (Å²) >= 11 is 9.22. The number of hydrogen-bond donors (Lipinski definition) is 1. The fourth-order valence-corrected chi connectivity index (χ4v) is 2.95. The quantitative estimate of drug-likeness (QED) is 0.227. The molecule has 0 saturated carbocycles. The first kappa shape index (κ1) is 21.5. The Morgan fingerprint density at radius 3 is 2.53 bits per heavy atom. The van der Waals surface area contributed by atoms with Crippen LogP contribution >= 0.6 is 27.5 Å². The van der Waals surface area contributed by atoms with Gasteiger partial charge in [-0.1, -0.05) is 33.6 Å². The number of hydrazone groups is 1. The number of ether oxygens (including phenoxy) is 2. The van der Waals surface area contributed by atoms with Crippen molar-refractivity contribution in [2.75, 3.05) is 7.11 Å². The number of carbonyl (C=O) groups is 2. The van der Waals surface area contributed by atoms with E-state index in [-0.39, 0.29) is 5.75 Å². The van der Waals surface area contributed by atoms with Gasteiger partial charge in [0.1, 0.15) is 11.5 Å². The van der Waals surface area contributed by atoms with Crippen molar-refractivity contribution in [3.8, 4) is 11.5 Å². The second-order valence-electron chi connectivity index (χ2n) is 6.01. The van der Waals surface area contributed by atoms with Crippen LogP contribution in [0.1, 0.15) is 26.3 Å². The van der Waals surface area contributed by atoms with Gasteiger partial charge in [-0.15, -0.1) is 0 Å². The van der Waals surface area contributed by atoms with Crippen LogP contribution in [-0.2, 0) is 0 Å². The lowest BCUT2D eigenvalue weighted by Gasteiger charge is -2.08. The molecule has 0 aliphatic rings. The van der Waals surface area contributed by atoms with E-state index in [0.29, 0.717) is 27.5 Å². The topological polar surface area (TPSA) is 77.0 Å². The molecule has 6 nitrogen and oxygen atoms in total. The van der Waals surface area contributed by atoms with Crippen LogP contribution < -0.4 is 14.9 Å². The van der Waals surface area contributed by atoms with Crippen LogP contribution in [0.15, 0.2) is 76.3 Å². The van der Waals surface area contributed by atoms with Crippen LogP contribution in [-0.4, -0.2) is 25.2 Å². The maximum absolute atomic E-state index is 12.4. The number of benzene rings is 3. The van der Waals surface area contributed by atoms with Crippen molar-refractivity contribution in [1.82, 2.24) is 5.43 Å². The van der Waals surface area contributed by atoms with Crippen molar-refractivity contribution in [3.05, 3.63) is 92.9 Å². The van der Waals surface area contributed by atoms with E-state index < -0.39 is 11.9 Å². The molecule has 0 radical (unpaired) electrons. The van der Waals surface area contributed by atoms with Crippen LogP contribution in [0.25, 0.3) is 0 Å². The number of esters is 1. The monoisotopic (exact) mass is 486 g/mol. The lowest BCUT2D eigenvalue weighted by Crippen LogP contribution is -2.17. The normalized spacial score (nSPS) is 10.6. The Kier molecular flexibility index (Phi) is 7.21. The lowest BCUT2D eigenvalue weighted by atomic mass is 10.2. The predicted molar refractivity (Wildman–Crippen MR) is 119 cm³/mol. The third kappa shape index (κ3) is 5.68. The summed E-state index contributed by atoms with van der Waals surface area (Å²) in [6, 6.07) is 18.1. The first-order valence-corrected chi connectivity index (χ1v) is 9.88. The van der Waals surface area contributed by atoms with Gasteiger partial charge in [0.05, 0.1) is 18.9 Å². The molecule has 0 unspecified atom stereocenters. The Bertz CT molecular complexity index is 1100. The number of rotatable bonds is 6. The number of methoxy groups -OCH3 is 1. The van der Waals surface area contributed by atoms with Crippen molar-refractivity contribution in [1.29, 1.82) is 0 Å². The summed E-state index contributed by atoms with van der Waals surface area (Å²) in [5.41, 5.74) is 3.70. The van der Waals surface area contributed by atoms with Crippen LogP contribution in [0, 0.1) is 0 Å². The molecular weight excluding hydrogens is 472 g/mol. The molecule has 0 aliphatic carbocycles. The lowest BCUT2D eigenvalue weighted by molar-refractivity contribution is 0.0734. The molecule has 3 aromatic carbocycles. The largest absolute Gasteiger partial charge is 0.497 e. The number of halogens is 2. The van der Waals surface area contributed by atoms with Gasteiger partial charge >= 0.3 is 5.97 Å². The Hall–Kier alpha value is -3.16. The van der Waals surface area contributed by atoms with Crippen molar-refractivity contribution in [2.45, 2.75) is 0 Å². The van der Waals surface area contributed by atoms with Gasteiger partial charge in [-0.25, -0.2) is 10.2 Å². The number of hydrogen-bond acceptors (Lipinski definition) is 5. The molecule has 3 aromatic rings. The molecule has 0 fully saturated rings. The molecule has 1 amide bonds. The standard InChI is InChI=1S/C22H16BrClN2O4/c1-29-19-4-2-3-15(12-19)21(27)26-25-13-16-11-17(23)7-10-20(16)30-22(28)14-5-8-18(24)9-6-14/h2-13H,1H3,(H,26,27)/b25-13-. The Morgan fingerprint density at radius 1 is 1.03 bits per heavy atom. The number of nitrogens with zero attached hydrogens (tertiary/aromatic N) is 1. The maximum atomic E-state index is 12.4. The highest BCUT2D eigenvalue weighted by Gasteiger charge is 2.12. The SMILES string of the molecule is COc1cccc(C(=O)N/N=C\c2cc(Br)ccc2OC(=O)c2ccc(Cl)cc2)c1. The average molecular weight is 488 g/mol. The summed E-state index contributed by atoms with van der Waals surface area (Å²) in [7, 11) is 1.52. The number of nitrogens with one attached hydrogen (secondary N) is 1. The molecule has 0 spiro atoms. The van der Waals surface area contributed by atoms with E-state index in [2.05, 4.69) is 26.5 Å². The molecule has 0 aliphatic heterocycles. The highest BCUT2D eigenvalue weighted by molar-refractivity contribution is 9.10. The van der Waals surface area contributed by atoms with E-state index >= 15 is 0 Å². The number of amides is 1. The van der Waals surface area contributed by atoms with E-state index in [1.54, 1.807) is 66.7 Å². The maximum Gasteiger partial charge on any atom is 0.343 e. The summed E-state index contributed by atoms with van der Waals surface area (Å²) in [6.45, 7) is 0. The fraction of sp³-hybridized carbons (Fsp3) is 0.0455. The minimum absolute atomic E-state index is 0.289. The van der Waals surface area contributed by atoms with Gasteiger partial charge in [-0.05, 0) is 60.7 Å². The molecule has 0 atom stereocenters. The molecule has 1 N–H and O–H groups in total. The minimum atomic E-state index is -0.538. The predicted octanol–water partition coefficient (Wildman–Crippen LogP) is 5.09. The Morgan fingerprint density at radius 2 is 1.80 bits per heavy atom. The number of carbonyl (C=O) groups excluding carboxylic acids is 2. The smallest absolute Gasteiger partial charge is 0.343 e. The molecule has 8 heteroatoms. The average Bonchev–Trinajstić information content (AvgIpc) is 2.76. The van der Waals surface area contributed by atoms with Gasteiger partial charge in [0, 0.05) is 20.6 Å². The van der Waals surface area contributed by atoms with E-state index in [1.807, 2.05) is 0 Å². The van der Waals surface area contributed by atoms with Crippen LogP contribution in [0.5, 0.6) is 11.5 Å². The van der Waals surface area contributed by atoms with Crippen molar-refractivity contribution in [2.24, 2.45) is 5.10 Å². The van der Waals surface area contributed by atoms with Gasteiger partial charge in [0.15, 0.2) is 0 Å². The zero-order valence-corrected chi connectivity index (χ0v) is 18.1. The summed E-state index contributed by atoms with van der Waals surface area (Å²) < 4.78 is 11.3. The zero-order chi connectivity index (χ0) is 21.5. The molecule has 0 saturated heterocycles. The first-order chi connectivity index (χ1) is 14.5. The third-order valence-electron chi connectivity index (χ3n) is 3.96. The van der Waals surface area contributed by atoms with Crippen LogP contribution in [0.3, 0.4) is 0 Å². The van der Waals surface area contributed by atoms with E-state index in [9.17, 15) is 9.59 Å². The second kappa shape index (κ2) is 10.0. The van der Waals surface area contributed by atoms with E-state index in [4.69, 9.17) is 21.1 Å². The molecule has 0 aromatic heterocycles. The molecular formula is C22H16BrClN2O4. The van der Waals surface area contributed by atoms with Crippen molar-refractivity contribution in [3.63, 3.8) is 0 Å². The molecule has 152 valence electrons.